The maximum Gasteiger partial charge on any atom is 0.194 e. The molecule has 0 atom stereocenters. The number of hydrogen-bond acceptors (Lipinski definition) is 3. The van der Waals surface area contributed by atoms with Crippen LogP contribution in [0.15, 0.2) is 17.2 Å². The van der Waals surface area contributed by atoms with Crippen molar-refractivity contribution in [3.05, 3.63) is 27.7 Å². The summed E-state index contributed by atoms with van der Waals surface area (Å²) in [6.45, 7) is 3.84. The smallest absolute Gasteiger partial charge is 0.194 e. The lowest BCUT2D eigenvalue weighted by atomic mass is 10.2. The molecule has 0 spiro atoms. The first kappa shape index (κ1) is 16.3. The van der Waals surface area contributed by atoms with Crippen molar-refractivity contribution in [1.82, 2.24) is 0 Å². The van der Waals surface area contributed by atoms with Crippen LogP contribution in [0.5, 0.6) is 0 Å². The molecule has 0 aliphatic heterocycles. The summed E-state index contributed by atoms with van der Waals surface area (Å²) >= 11 is 17.7. The molecular weight excluding hydrogens is 307 g/mol. The Morgan fingerprint density at radius 2 is 2.05 bits per heavy atom. The van der Waals surface area contributed by atoms with Gasteiger partial charge in [0.2, 0.25) is 0 Å². The van der Waals surface area contributed by atoms with Crippen LogP contribution in [0, 0.1) is 6.92 Å². The molecule has 3 nitrogen and oxygen atoms in total. The minimum absolute atomic E-state index is 0.0705. The number of carbonyl (C=O) groups is 1. The Bertz CT molecular complexity index is 478. The van der Waals surface area contributed by atoms with E-state index in [4.69, 9.17) is 34.8 Å². The number of carbonyl (C=O) groups excluding carboxylic acids is 1. The average Bonchev–Trinajstić information content (AvgIpc) is 2.34. The zero-order chi connectivity index (χ0) is 14.4. The molecule has 1 N–H and O–H groups in total. The van der Waals surface area contributed by atoms with Crippen molar-refractivity contribution in [2.75, 3.05) is 5.43 Å². The highest BCUT2D eigenvalue weighted by atomic mass is 35.5. The van der Waals surface area contributed by atoms with E-state index in [-0.39, 0.29) is 11.0 Å². The molecule has 0 radical (unpaired) electrons. The van der Waals surface area contributed by atoms with E-state index < -0.39 is 0 Å². The molecule has 1 rings (SSSR count). The number of unbranched alkanes of at least 4 members (excludes halogenated alkanes) is 1. The van der Waals surface area contributed by atoms with E-state index in [1.54, 1.807) is 12.1 Å². The lowest BCUT2D eigenvalue weighted by molar-refractivity contribution is -0.112. The largest absolute Gasteiger partial charge is 0.291 e. The Morgan fingerprint density at radius 3 is 2.63 bits per heavy atom. The second-order valence-electron chi connectivity index (χ2n) is 4.12. The zero-order valence-corrected chi connectivity index (χ0v) is 13.0. The fourth-order valence-corrected chi connectivity index (χ4v) is 2.23. The number of halogens is 3. The van der Waals surface area contributed by atoms with Gasteiger partial charge < -0.3 is 0 Å². The van der Waals surface area contributed by atoms with Crippen molar-refractivity contribution in [3.8, 4) is 0 Å². The molecule has 0 aliphatic carbocycles. The number of benzene rings is 1. The molecule has 1 aromatic rings. The van der Waals surface area contributed by atoms with Gasteiger partial charge in [0.15, 0.2) is 11.0 Å². The zero-order valence-electron chi connectivity index (χ0n) is 10.8. The van der Waals surface area contributed by atoms with Crippen LogP contribution in [0.1, 0.15) is 31.7 Å². The second-order valence-corrected chi connectivity index (χ2v) is 5.32. The molecule has 0 fully saturated rings. The summed E-state index contributed by atoms with van der Waals surface area (Å²) in [4.78, 5) is 11.6. The van der Waals surface area contributed by atoms with Crippen LogP contribution in [0.2, 0.25) is 10.0 Å². The van der Waals surface area contributed by atoms with Crippen molar-refractivity contribution in [2.45, 2.75) is 33.1 Å². The van der Waals surface area contributed by atoms with Crippen LogP contribution in [0.25, 0.3) is 0 Å². The quantitative estimate of drug-likeness (QED) is 0.590. The number of nitrogens with one attached hydrogen (secondary N) is 1. The van der Waals surface area contributed by atoms with Crippen molar-refractivity contribution < 1.29 is 4.79 Å². The first-order valence-corrected chi connectivity index (χ1v) is 7.07. The van der Waals surface area contributed by atoms with Crippen LogP contribution in [-0.4, -0.2) is 11.0 Å². The molecule has 1 aromatic carbocycles. The fourth-order valence-electron chi connectivity index (χ4n) is 1.45. The van der Waals surface area contributed by atoms with Gasteiger partial charge in [-0.25, -0.2) is 0 Å². The molecule has 0 bridgehead atoms. The summed E-state index contributed by atoms with van der Waals surface area (Å²) in [7, 11) is 0. The lowest BCUT2D eigenvalue weighted by Crippen LogP contribution is -2.09. The average molecular weight is 322 g/mol. The monoisotopic (exact) mass is 320 g/mol. The predicted molar refractivity (Wildman–Crippen MR) is 82.6 cm³/mol. The molecule has 0 saturated carbocycles. The summed E-state index contributed by atoms with van der Waals surface area (Å²) in [5.74, 6) is -0.182. The number of Topliss-reactive ketones (excluding diaryl/α,β-unsaturated/α-hetero) is 1. The van der Waals surface area contributed by atoms with Crippen molar-refractivity contribution in [3.63, 3.8) is 0 Å². The van der Waals surface area contributed by atoms with E-state index in [0.717, 1.165) is 18.4 Å². The Kier molecular flexibility index (Phi) is 6.63. The maximum atomic E-state index is 11.6. The Hall–Kier alpha value is -0.770. The van der Waals surface area contributed by atoms with E-state index in [9.17, 15) is 4.79 Å². The number of nitrogens with zero attached hydrogens (tertiary/aromatic N) is 1. The molecule has 0 heterocycles. The first-order valence-electron chi connectivity index (χ1n) is 5.93. The third kappa shape index (κ3) is 5.01. The molecule has 0 amide bonds. The Morgan fingerprint density at radius 1 is 1.37 bits per heavy atom. The minimum atomic E-state index is -0.182. The number of ketones is 1. The van der Waals surface area contributed by atoms with Gasteiger partial charge in [-0.3, -0.25) is 10.2 Å². The van der Waals surface area contributed by atoms with Gasteiger partial charge in [-0.15, -0.1) is 0 Å². The summed E-state index contributed by atoms with van der Waals surface area (Å²) < 4.78 is 0. The predicted octanol–water partition coefficient (Wildman–Crippen LogP) is 5.03. The van der Waals surface area contributed by atoms with Crippen LogP contribution in [0.4, 0.5) is 5.69 Å². The molecule has 6 heteroatoms. The van der Waals surface area contributed by atoms with E-state index in [1.165, 1.54) is 0 Å². The van der Waals surface area contributed by atoms with Crippen molar-refractivity contribution in [1.29, 1.82) is 0 Å². The fraction of sp³-hybridized carbons (Fsp3) is 0.385. The van der Waals surface area contributed by atoms with E-state index in [0.29, 0.717) is 22.2 Å². The molecule has 19 heavy (non-hydrogen) atoms. The molecule has 0 saturated heterocycles. The second kappa shape index (κ2) is 7.73. The summed E-state index contributed by atoms with van der Waals surface area (Å²) in [5, 5.41) is 4.76. The number of rotatable bonds is 6. The summed E-state index contributed by atoms with van der Waals surface area (Å²) in [6.07, 6.45) is 2.13. The van der Waals surface area contributed by atoms with Gasteiger partial charge in [0, 0.05) is 11.4 Å². The molecule has 0 unspecified atom stereocenters. The van der Waals surface area contributed by atoms with Gasteiger partial charge in [-0.2, -0.15) is 5.10 Å². The van der Waals surface area contributed by atoms with Gasteiger partial charge in [0.05, 0.1) is 10.7 Å². The highest BCUT2D eigenvalue weighted by Gasteiger charge is 2.09. The maximum absolute atomic E-state index is 11.6. The Balaban J connectivity index is 2.78. The molecule has 0 aliphatic rings. The summed E-state index contributed by atoms with van der Waals surface area (Å²) in [6, 6.07) is 3.35. The number of hydrazone groups is 1. The molecule has 0 aromatic heterocycles. The van der Waals surface area contributed by atoms with E-state index in [2.05, 4.69) is 10.5 Å². The summed E-state index contributed by atoms with van der Waals surface area (Å²) in [5.41, 5.74) is 4.13. The van der Waals surface area contributed by atoms with E-state index in [1.807, 2.05) is 13.8 Å². The van der Waals surface area contributed by atoms with Crippen LogP contribution in [-0.2, 0) is 4.79 Å². The first-order chi connectivity index (χ1) is 8.95. The molecule has 104 valence electrons. The van der Waals surface area contributed by atoms with Gasteiger partial charge in [0.1, 0.15) is 0 Å². The highest BCUT2D eigenvalue weighted by Crippen LogP contribution is 2.29. The van der Waals surface area contributed by atoms with Crippen LogP contribution >= 0.6 is 34.8 Å². The van der Waals surface area contributed by atoms with Gasteiger partial charge in [-0.1, -0.05) is 48.1 Å². The Labute approximate surface area is 127 Å². The number of hydrogen-bond donors (Lipinski definition) is 1. The highest BCUT2D eigenvalue weighted by molar-refractivity contribution is 6.83. The number of anilines is 1. The van der Waals surface area contributed by atoms with E-state index >= 15 is 0 Å². The van der Waals surface area contributed by atoms with Crippen molar-refractivity contribution in [2.24, 2.45) is 5.10 Å². The molecular formula is C13H15Cl3N2O. The third-order valence-corrected chi connectivity index (χ3v) is 3.32. The third-order valence-electron chi connectivity index (χ3n) is 2.51. The van der Waals surface area contributed by atoms with Gasteiger partial charge >= 0.3 is 0 Å². The standard InChI is InChI=1S/C13H15Cl3N2O/c1-3-4-5-11(19)13(16)18-17-12-8(2)6-9(14)7-10(12)15/h6-7,17H,3-5H2,1-2H3. The number of aryl methyl sites for hydroxylation is 1. The lowest BCUT2D eigenvalue weighted by Gasteiger charge is -2.08. The van der Waals surface area contributed by atoms with Gasteiger partial charge in [-0.05, 0) is 31.0 Å². The minimum Gasteiger partial charge on any atom is -0.291 e. The van der Waals surface area contributed by atoms with Gasteiger partial charge in [0.25, 0.3) is 0 Å². The van der Waals surface area contributed by atoms with Crippen LogP contribution < -0.4 is 5.43 Å². The van der Waals surface area contributed by atoms with Crippen molar-refractivity contribution >= 4 is 51.4 Å². The normalized spacial score (nSPS) is 11.5. The van der Waals surface area contributed by atoms with Crippen LogP contribution in [0.3, 0.4) is 0 Å². The SMILES string of the molecule is CCCCC(=O)C(Cl)=NNc1c(C)cc(Cl)cc1Cl. The topological polar surface area (TPSA) is 41.5 Å².